The van der Waals surface area contributed by atoms with Gasteiger partial charge in [-0.2, -0.15) is 0 Å². The number of hydrogen-bond donors (Lipinski definition) is 0. The molecule has 0 bridgehead atoms. The van der Waals surface area contributed by atoms with Gasteiger partial charge in [-0.15, -0.1) is 0 Å². The minimum Gasteiger partial charge on any atom is -0.410 e. The summed E-state index contributed by atoms with van der Waals surface area (Å²) in [7, 11) is -2.72. The topological polar surface area (TPSA) is 12.5 Å². The fourth-order valence-electron chi connectivity index (χ4n) is 4.39. The Bertz CT molecular complexity index is 404. The van der Waals surface area contributed by atoms with E-state index in [1.165, 1.54) is 56.9 Å². The molecule has 0 unspecified atom stereocenters. The number of piperidine rings is 2. The van der Waals surface area contributed by atoms with E-state index >= 15 is 0 Å². The molecule has 2 nitrogen and oxygen atoms in total. The van der Waals surface area contributed by atoms with Crippen LogP contribution in [0.2, 0.25) is 37.8 Å². The van der Waals surface area contributed by atoms with Gasteiger partial charge in [-0.05, 0) is 49.5 Å². The van der Waals surface area contributed by atoms with Gasteiger partial charge in [-0.1, -0.05) is 52.5 Å². The predicted octanol–water partition coefficient (Wildman–Crippen LogP) is 5.44. The van der Waals surface area contributed by atoms with Crippen molar-refractivity contribution < 1.29 is 4.43 Å². The molecule has 4 heteroatoms. The molecule has 0 aromatic carbocycles. The SMILES string of the molecule is CC[Si](CC)(CC)O[C@H]1C[C@@H]2CCCCN2C/C1=C\[Si](C)(C)C. The average Bonchev–Trinajstić information content (AvgIpc) is 2.51. The first-order chi connectivity index (χ1) is 10.8. The monoisotopic (exact) mass is 353 g/mol. The summed E-state index contributed by atoms with van der Waals surface area (Å²) in [6, 6.07) is 4.59. The van der Waals surface area contributed by atoms with Crippen molar-refractivity contribution >= 4 is 16.4 Å². The van der Waals surface area contributed by atoms with Gasteiger partial charge in [-0.25, -0.2) is 0 Å². The van der Waals surface area contributed by atoms with Crippen LogP contribution < -0.4 is 0 Å². The molecule has 0 radical (unpaired) electrons. The van der Waals surface area contributed by atoms with Crippen LogP contribution in [0, 0.1) is 0 Å². The number of hydrogen-bond acceptors (Lipinski definition) is 2. The van der Waals surface area contributed by atoms with E-state index in [4.69, 9.17) is 4.43 Å². The largest absolute Gasteiger partial charge is 0.410 e. The minimum absolute atomic E-state index is 0.424. The average molecular weight is 354 g/mol. The van der Waals surface area contributed by atoms with Gasteiger partial charge in [0.25, 0.3) is 0 Å². The highest BCUT2D eigenvalue weighted by Crippen LogP contribution is 2.35. The molecule has 0 amide bonds. The number of fused-ring (bicyclic) bond motifs is 1. The fourth-order valence-corrected chi connectivity index (χ4v) is 8.63. The van der Waals surface area contributed by atoms with Crippen molar-refractivity contribution in [3.05, 3.63) is 11.3 Å². The zero-order chi connectivity index (χ0) is 17.1. The minimum atomic E-state index is -1.52. The van der Waals surface area contributed by atoms with E-state index in [2.05, 4.69) is 51.0 Å². The smallest absolute Gasteiger partial charge is 0.192 e. The van der Waals surface area contributed by atoms with Crippen molar-refractivity contribution in [3.8, 4) is 0 Å². The van der Waals surface area contributed by atoms with Crippen molar-refractivity contribution in [1.82, 2.24) is 4.90 Å². The van der Waals surface area contributed by atoms with Gasteiger partial charge in [0.15, 0.2) is 8.32 Å². The molecule has 0 aromatic heterocycles. The molecule has 0 spiro atoms. The predicted molar refractivity (Wildman–Crippen MR) is 107 cm³/mol. The van der Waals surface area contributed by atoms with Crippen molar-refractivity contribution in [2.45, 2.75) is 96.4 Å². The molecule has 2 fully saturated rings. The van der Waals surface area contributed by atoms with Gasteiger partial charge in [-0.3, -0.25) is 4.90 Å². The van der Waals surface area contributed by atoms with Crippen LogP contribution in [0.15, 0.2) is 11.3 Å². The third-order valence-electron chi connectivity index (χ3n) is 5.98. The summed E-state index contributed by atoms with van der Waals surface area (Å²) in [5.41, 5.74) is 4.29. The summed E-state index contributed by atoms with van der Waals surface area (Å²) in [5.74, 6) is 0. The van der Waals surface area contributed by atoms with Crippen molar-refractivity contribution in [2.24, 2.45) is 0 Å². The Morgan fingerprint density at radius 1 is 1.09 bits per heavy atom. The van der Waals surface area contributed by atoms with Gasteiger partial charge in [0.1, 0.15) is 0 Å². The summed E-state index contributed by atoms with van der Waals surface area (Å²) in [6.07, 6.45) is 5.87. The first-order valence-electron chi connectivity index (χ1n) is 9.96. The second-order valence-corrected chi connectivity index (χ2v) is 18.5. The fraction of sp³-hybridized carbons (Fsp3) is 0.895. The summed E-state index contributed by atoms with van der Waals surface area (Å²) >= 11 is 0. The van der Waals surface area contributed by atoms with Crippen molar-refractivity contribution in [2.75, 3.05) is 13.1 Å². The molecule has 23 heavy (non-hydrogen) atoms. The van der Waals surface area contributed by atoms with Crippen LogP contribution in [0.1, 0.15) is 46.5 Å². The standard InChI is InChI=1S/C19H39NOSi2/c1-7-23(8-2,9-3)21-19-14-18-12-10-11-13-20(18)15-17(19)16-22(4,5)6/h16,18-19H,7-15H2,1-6H3/b17-16+/t18-,19-/m0/s1. The Balaban J connectivity index is 2.23. The lowest BCUT2D eigenvalue weighted by molar-refractivity contribution is 0.0679. The Morgan fingerprint density at radius 3 is 2.30 bits per heavy atom. The molecule has 2 atom stereocenters. The maximum Gasteiger partial charge on any atom is 0.192 e. The summed E-state index contributed by atoms with van der Waals surface area (Å²) in [5, 5.41) is 0. The molecule has 2 aliphatic heterocycles. The summed E-state index contributed by atoms with van der Waals surface area (Å²) in [4.78, 5) is 2.75. The van der Waals surface area contributed by atoms with Crippen LogP contribution in [0.3, 0.4) is 0 Å². The molecule has 2 rings (SSSR count). The maximum absolute atomic E-state index is 7.00. The van der Waals surface area contributed by atoms with E-state index in [1.54, 1.807) is 5.57 Å². The molecule has 2 aliphatic rings. The number of nitrogens with zero attached hydrogens (tertiary/aromatic N) is 1. The van der Waals surface area contributed by atoms with E-state index in [9.17, 15) is 0 Å². The molecule has 0 aliphatic carbocycles. The molecular formula is C19H39NOSi2. The molecular weight excluding hydrogens is 314 g/mol. The quantitative estimate of drug-likeness (QED) is 0.590. The van der Waals surface area contributed by atoms with Gasteiger partial charge < -0.3 is 4.43 Å². The maximum atomic E-state index is 7.00. The number of rotatable bonds is 6. The molecule has 0 saturated carbocycles. The van der Waals surface area contributed by atoms with Gasteiger partial charge in [0.2, 0.25) is 0 Å². The lowest BCUT2D eigenvalue weighted by Gasteiger charge is -2.46. The molecule has 134 valence electrons. The van der Waals surface area contributed by atoms with Crippen LogP contribution in [0.4, 0.5) is 0 Å². The lowest BCUT2D eigenvalue weighted by atomic mass is 9.89. The van der Waals surface area contributed by atoms with Crippen molar-refractivity contribution in [1.29, 1.82) is 0 Å². The lowest BCUT2D eigenvalue weighted by Crippen LogP contribution is -2.52. The zero-order valence-corrected chi connectivity index (χ0v) is 18.5. The van der Waals surface area contributed by atoms with Crippen LogP contribution >= 0.6 is 0 Å². The highest BCUT2D eigenvalue weighted by atomic mass is 28.4. The highest BCUT2D eigenvalue weighted by Gasteiger charge is 2.39. The second-order valence-electron chi connectivity index (χ2n) is 8.79. The van der Waals surface area contributed by atoms with Gasteiger partial charge in [0.05, 0.1) is 14.2 Å². The van der Waals surface area contributed by atoms with Crippen LogP contribution in [-0.4, -0.2) is 46.5 Å². The zero-order valence-electron chi connectivity index (χ0n) is 16.5. The van der Waals surface area contributed by atoms with Gasteiger partial charge >= 0.3 is 0 Å². The molecule has 0 N–H and O–H groups in total. The summed E-state index contributed by atoms with van der Waals surface area (Å²) in [6.45, 7) is 16.9. The Morgan fingerprint density at radius 2 is 1.74 bits per heavy atom. The Labute approximate surface area is 146 Å². The van der Waals surface area contributed by atoms with E-state index in [1.807, 2.05) is 0 Å². The first kappa shape index (κ1) is 19.4. The van der Waals surface area contributed by atoms with E-state index in [0.29, 0.717) is 6.10 Å². The van der Waals surface area contributed by atoms with Crippen LogP contribution in [0.5, 0.6) is 0 Å². The van der Waals surface area contributed by atoms with Crippen LogP contribution in [-0.2, 0) is 4.43 Å². The molecule has 0 aromatic rings. The third-order valence-corrected chi connectivity index (χ3v) is 11.9. The Hall–Kier alpha value is 0.0938. The van der Waals surface area contributed by atoms with E-state index < -0.39 is 16.4 Å². The summed E-state index contributed by atoms with van der Waals surface area (Å²) < 4.78 is 7.00. The Kier molecular flexibility index (Phi) is 6.74. The third kappa shape index (κ3) is 5.03. The molecule has 2 heterocycles. The second kappa shape index (κ2) is 7.98. The van der Waals surface area contributed by atoms with E-state index in [0.717, 1.165) is 6.04 Å². The first-order valence-corrected chi connectivity index (χ1v) is 16.1. The van der Waals surface area contributed by atoms with E-state index in [-0.39, 0.29) is 0 Å². The van der Waals surface area contributed by atoms with Crippen LogP contribution in [0.25, 0.3) is 0 Å². The highest BCUT2D eigenvalue weighted by molar-refractivity contribution is 6.81. The van der Waals surface area contributed by atoms with Crippen molar-refractivity contribution in [3.63, 3.8) is 0 Å². The van der Waals surface area contributed by atoms with Gasteiger partial charge in [0, 0.05) is 12.6 Å². The normalized spacial score (nSPS) is 28.9. The molecule has 2 saturated heterocycles.